The van der Waals surface area contributed by atoms with E-state index in [-0.39, 0.29) is 5.92 Å². The van der Waals surface area contributed by atoms with Crippen LogP contribution in [0.25, 0.3) is 21.8 Å². The number of aromatic amines is 2. The lowest BCUT2D eigenvalue weighted by atomic mass is 9.84. The zero-order valence-electron chi connectivity index (χ0n) is 25.0. The number of nitrogens with one attached hydrogen (secondary N) is 2. The van der Waals surface area contributed by atoms with Crippen molar-refractivity contribution in [3.8, 4) is 23.0 Å². The summed E-state index contributed by atoms with van der Waals surface area (Å²) < 4.78 is 22.3. The highest BCUT2D eigenvalue weighted by atomic mass is 16.5. The number of nitrogens with zero attached hydrogens (tertiary/aromatic N) is 2. The van der Waals surface area contributed by atoms with Crippen LogP contribution in [0.1, 0.15) is 46.8 Å². The van der Waals surface area contributed by atoms with Crippen molar-refractivity contribution in [2.45, 2.75) is 31.6 Å². The maximum Gasteiger partial charge on any atom is 0.160 e. The summed E-state index contributed by atoms with van der Waals surface area (Å²) in [6, 6.07) is 18.8. The number of aromatic nitrogens is 2. The lowest BCUT2D eigenvalue weighted by Gasteiger charge is -2.24. The van der Waals surface area contributed by atoms with Crippen molar-refractivity contribution in [2.24, 2.45) is 9.98 Å². The summed E-state index contributed by atoms with van der Waals surface area (Å²) in [6.07, 6.45) is 3.35. The molecule has 8 nitrogen and oxygen atoms in total. The molecular weight excluding hydrogens is 540 g/mol. The number of benzene rings is 3. The first kappa shape index (κ1) is 27.1. The highest BCUT2D eigenvalue weighted by Crippen LogP contribution is 2.38. The summed E-state index contributed by atoms with van der Waals surface area (Å²) in [7, 11) is 6.76. The number of hydrogen-bond acceptors (Lipinski definition) is 6. The van der Waals surface area contributed by atoms with E-state index in [1.54, 1.807) is 28.4 Å². The summed E-state index contributed by atoms with van der Waals surface area (Å²) in [4.78, 5) is 17.5. The van der Waals surface area contributed by atoms with Crippen LogP contribution in [0.4, 0.5) is 0 Å². The van der Waals surface area contributed by atoms with Gasteiger partial charge < -0.3 is 28.9 Å². The Labute approximate surface area is 250 Å². The van der Waals surface area contributed by atoms with Crippen LogP contribution < -0.4 is 18.9 Å². The molecule has 2 aliphatic heterocycles. The van der Waals surface area contributed by atoms with Gasteiger partial charge in [0.1, 0.15) is 11.5 Å². The Balaban J connectivity index is 1.28. The minimum atomic E-state index is 0.108. The topological polar surface area (TPSA) is 93.2 Å². The van der Waals surface area contributed by atoms with Crippen molar-refractivity contribution in [3.05, 3.63) is 82.7 Å². The molecule has 0 aliphatic carbocycles. The quantitative estimate of drug-likeness (QED) is 0.206. The van der Waals surface area contributed by atoms with Crippen LogP contribution in [0.3, 0.4) is 0 Å². The van der Waals surface area contributed by atoms with Crippen LogP contribution in [0.5, 0.6) is 23.0 Å². The predicted octanol–water partition coefficient (Wildman–Crippen LogP) is 6.64. The highest BCUT2D eigenvalue weighted by Gasteiger charge is 2.28. The maximum absolute atomic E-state index is 5.72. The van der Waals surface area contributed by atoms with Crippen molar-refractivity contribution >= 4 is 33.2 Å². The van der Waals surface area contributed by atoms with Gasteiger partial charge >= 0.3 is 0 Å². The summed E-state index contributed by atoms with van der Waals surface area (Å²) in [5.41, 5.74) is 10.4. The van der Waals surface area contributed by atoms with Gasteiger partial charge in [0.2, 0.25) is 0 Å². The number of methoxy groups -OCH3 is 4. The third-order valence-corrected chi connectivity index (χ3v) is 8.89. The first-order valence-corrected chi connectivity index (χ1v) is 14.8. The SMILES string of the molecule is COc1ccc2c3c([nH]c2c1)C(CC(CC1=NCCc2c1[nH]c1cc(OC)ccc21)c1ccc(OC)c(OC)c1)=NCC3. The Morgan fingerprint density at radius 2 is 1.16 bits per heavy atom. The molecule has 0 unspecified atom stereocenters. The van der Waals surface area contributed by atoms with Gasteiger partial charge in [0, 0.05) is 47.0 Å². The number of fused-ring (bicyclic) bond motifs is 6. The molecule has 2 aromatic heterocycles. The molecule has 8 heteroatoms. The Morgan fingerprint density at radius 3 is 1.65 bits per heavy atom. The molecule has 0 saturated carbocycles. The Morgan fingerprint density at radius 1 is 0.628 bits per heavy atom. The zero-order chi connectivity index (χ0) is 29.5. The first-order valence-electron chi connectivity index (χ1n) is 14.8. The van der Waals surface area contributed by atoms with Gasteiger partial charge in [-0.05, 0) is 84.7 Å². The number of H-pyrrole nitrogens is 2. The molecule has 0 fully saturated rings. The minimum Gasteiger partial charge on any atom is -0.497 e. The molecule has 5 aromatic rings. The monoisotopic (exact) mass is 576 g/mol. The fourth-order valence-electron chi connectivity index (χ4n) is 6.71. The van der Waals surface area contributed by atoms with Gasteiger partial charge in [-0.15, -0.1) is 0 Å². The summed E-state index contributed by atoms with van der Waals surface area (Å²) >= 11 is 0. The fraction of sp³-hybridized carbons (Fsp3) is 0.314. The summed E-state index contributed by atoms with van der Waals surface area (Å²) in [5, 5.41) is 2.47. The van der Waals surface area contributed by atoms with Gasteiger partial charge in [0.25, 0.3) is 0 Å². The molecule has 0 spiro atoms. The summed E-state index contributed by atoms with van der Waals surface area (Å²) in [6.45, 7) is 1.55. The molecule has 4 heterocycles. The van der Waals surface area contributed by atoms with Crippen molar-refractivity contribution in [1.29, 1.82) is 0 Å². The molecule has 0 radical (unpaired) electrons. The molecular formula is C35H36N4O4. The number of aliphatic imine (C=N–C) groups is 2. The third kappa shape index (κ3) is 4.80. The van der Waals surface area contributed by atoms with E-state index in [4.69, 9.17) is 28.9 Å². The molecule has 7 rings (SSSR count). The van der Waals surface area contributed by atoms with E-state index in [0.717, 1.165) is 95.4 Å². The van der Waals surface area contributed by atoms with Gasteiger partial charge in [0.05, 0.1) is 51.3 Å². The second kappa shape index (κ2) is 11.2. The van der Waals surface area contributed by atoms with Crippen LogP contribution in [-0.4, -0.2) is 62.9 Å². The van der Waals surface area contributed by atoms with Gasteiger partial charge in [-0.2, -0.15) is 0 Å². The molecule has 220 valence electrons. The Hall–Kier alpha value is -4.72. The minimum absolute atomic E-state index is 0.108. The average molecular weight is 577 g/mol. The predicted molar refractivity (Wildman–Crippen MR) is 171 cm³/mol. The van der Waals surface area contributed by atoms with E-state index in [2.05, 4.69) is 46.4 Å². The molecule has 0 atom stereocenters. The van der Waals surface area contributed by atoms with Gasteiger partial charge in [0.15, 0.2) is 11.5 Å². The second-order valence-electron chi connectivity index (χ2n) is 11.2. The number of ether oxygens (including phenoxy) is 4. The maximum atomic E-state index is 5.72. The van der Waals surface area contributed by atoms with Crippen LogP contribution >= 0.6 is 0 Å². The van der Waals surface area contributed by atoms with Crippen LogP contribution in [0, 0.1) is 0 Å². The summed E-state index contributed by atoms with van der Waals surface area (Å²) in [5.74, 6) is 3.23. The number of hydrogen-bond donors (Lipinski definition) is 2. The van der Waals surface area contributed by atoms with Crippen LogP contribution in [0.15, 0.2) is 64.6 Å². The van der Waals surface area contributed by atoms with E-state index in [9.17, 15) is 0 Å². The standard InChI is InChI=1S/C35H36N4O4/c1-40-22-6-8-24-26-11-13-36-30(34(26)38-28(24)18-22)15-21(20-5-10-32(42-3)33(17-20)43-4)16-31-35-27(12-14-37-31)25-9-7-23(41-2)19-29(25)39-35/h5-10,17-19,21,38-39H,11-16H2,1-4H3. The van der Waals surface area contributed by atoms with E-state index >= 15 is 0 Å². The number of rotatable bonds is 9. The molecule has 3 aromatic carbocycles. The van der Waals surface area contributed by atoms with Crippen molar-refractivity contribution in [3.63, 3.8) is 0 Å². The molecule has 2 N–H and O–H groups in total. The van der Waals surface area contributed by atoms with Crippen LogP contribution in [0.2, 0.25) is 0 Å². The van der Waals surface area contributed by atoms with Crippen LogP contribution in [-0.2, 0) is 12.8 Å². The lowest BCUT2D eigenvalue weighted by Crippen LogP contribution is -2.20. The molecule has 43 heavy (non-hydrogen) atoms. The largest absolute Gasteiger partial charge is 0.497 e. The van der Waals surface area contributed by atoms with Gasteiger partial charge in [-0.25, -0.2) is 0 Å². The van der Waals surface area contributed by atoms with Gasteiger partial charge in [-0.3, -0.25) is 9.98 Å². The molecule has 2 aliphatic rings. The van der Waals surface area contributed by atoms with Crippen molar-refractivity contribution < 1.29 is 18.9 Å². The molecule has 0 saturated heterocycles. The fourth-order valence-corrected chi connectivity index (χ4v) is 6.71. The van der Waals surface area contributed by atoms with E-state index in [0.29, 0.717) is 5.75 Å². The normalized spacial score (nSPS) is 14.3. The Bertz CT molecular complexity index is 1790. The van der Waals surface area contributed by atoms with Gasteiger partial charge in [-0.1, -0.05) is 6.07 Å². The zero-order valence-corrected chi connectivity index (χ0v) is 25.0. The second-order valence-corrected chi connectivity index (χ2v) is 11.2. The Kier molecular flexibility index (Phi) is 7.05. The lowest BCUT2D eigenvalue weighted by molar-refractivity contribution is 0.354. The molecule has 0 bridgehead atoms. The van der Waals surface area contributed by atoms with E-state index < -0.39 is 0 Å². The van der Waals surface area contributed by atoms with E-state index in [1.807, 2.05) is 18.2 Å². The smallest absolute Gasteiger partial charge is 0.160 e. The average Bonchev–Trinajstić information content (AvgIpc) is 3.62. The van der Waals surface area contributed by atoms with Crippen molar-refractivity contribution in [2.75, 3.05) is 41.5 Å². The van der Waals surface area contributed by atoms with Crippen molar-refractivity contribution in [1.82, 2.24) is 9.97 Å². The van der Waals surface area contributed by atoms with E-state index in [1.165, 1.54) is 21.9 Å². The first-order chi connectivity index (χ1) is 21.1. The molecule has 0 amide bonds. The highest BCUT2D eigenvalue weighted by molar-refractivity contribution is 6.09. The third-order valence-electron chi connectivity index (χ3n) is 8.89.